The van der Waals surface area contributed by atoms with Crippen LogP contribution in [0, 0.1) is 6.92 Å². The molecule has 0 atom stereocenters. The Balaban J connectivity index is 1.36. The second kappa shape index (κ2) is 8.14. The van der Waals surface area contributed by atoms with E-state index in [1.807, 2.05) is 12.1 Å². The number of para-hydroxylation sites is 4. The second-order valence-electron chi connectivity index (χ2n) is 8.64. The molecule has 0 saturated carbocycles. The molecule has 0 aliphatic carbocycles. The lowest BCUT2D eigenvalue weighted by Gasteiger charge is -2.25. The first-order chi connectivity index (χ1) is 16.3. The van der Waals surface area contributed by atoms with Gasteiger partial charge >= 0.3 is 0 Å². The molecule has 0 unspecified atom stereocenters. The molecule has 0 radical (unpaired) electrons. The predicted octanol–water partition coefficient (Wildman–Crippen LogP) is 6.69. The third kappa shape index (κ3) is 3.64. The van der Waals surface area contributed by atoms with E-state index in [-0.39, 0.29) is 0 Å². The van der Waals surface area contributed by atoms with E-state index in [4.69, 9.17) is 4.98 Å². The van der Waals surface area contributed by atoms with Gasteiger partial charge in [-0.2, -0.15) is 0 Å². The Labute approximate surface area is 193 Å². The fraction of sp³-hybridized carbons (Fsp3) is 0.138. The van der Waals surface area contributed by atoms with Crippen molar-refractivity contribution < 1.29 is 0 Å². The van der Waals surface area contributed by atoms with Crippen LogP contribution in [0.25, 0.3) is 32.8 Å². The predicted molar refractivity (Wildman–Crippen MR) is 138 cm³/mol. The van der Waals surface area contributed by atoms with Gasteiger partial charge in [-0.25, -0.2) is 4.98 Å². The molecule has 6 rings (SSSR count). The molecule has 0 fully saturated rings. The first-order valence-electron chi connectivity index (χ1n) is 11.5. The van der Waals surface area contributed by atoms with Gasteiger partial charge in [0.05, 0.1) is 17.6 Å². The summed E-state index contributed by atoms with van der Waals surface area (Å²) >= 11 is 0. The molecule has 162 valence electrons. The van der Waals surface area contributed by atoms with Gasteiger partial charge in [-0.3, -0.25) is 0 Å². The van der Waals surface area contributed by atoms with E-state index in [2.05, 4.69) is 106 Å². The number of nitrogens with one attached hydrogen (secondary N) is 1. The molecule has 2 heterocycles. The average molecular weight is 431 g/mol. The Morgan fingerprint density at radius 1 is 0.758 bits per heavy atom. The zero-order valence-electron chi connectivity index (χ0n) is 18.7. The maximum Gasteiger partial charge on any atom is 0.126 e. The Bertz CT molecular complexity index is 1470. The van der Waals surface area contributed by atoms with Crippen LogP contribution in [-0.2, 0) is 13.1 Å². The van der Waals surface area contributed by atoms with E-state index in [0.29, 0.717) is 0 Å². The lowest BCUT2D eigenvalue weighted by molar-refractivity contribution is 0.675. The van der Waals surface area contributed by atoms with Crippen molar-refractivity contribution in [2.75, 3.05) is 11.4 Å². The molecule has 1 N–H and O–H groups in total. The highest BCUT2D eigenvalue weighted by Gasteiger charge is 2.14. The van der Waals surface area contributed by atoms with Crippen LogP contribution in [0.2, 0.25) is 0 Å². The van der Waals surface area contributed by atoms with Crippen LogP contribution in [-0.4, -0.2) is 21.1 Å². The molecule has 0 aliphatic heterocycles. The summed E-state index contributed by atoms with van der Waals surface area (Å²) in [4.78, 5) is 10.8. The normalized spacial score (nSPS) is 11.5. The highest BCUT2D eigenvalue weighted by Crippen LogP contribution is 2.29. The fourth-order valence-corrected chi connectivity index (χ4v) is 4.78. The summed E-state index contributed by atoms with van der Waals surface area (Å²) in [6, 6.07) is 34.4. The third-order valence-electron chi connectivity index (χ3n) is 6.45. The standard InChI is InChI=1S/C29H26N4/c1-21-14-16-22(17-15-21)32(20-29-30-25-10-4-5-11-26(25)31-29)18-19-33-27-12-6-2-8-23(27)24-9-3-7-13-28(24)33/h2-17H,18-20H2,1H3,(H,30,31). The molecule has 4 aromatic carbocycles. The average Bonchev–Trinajstić information content (AvgIpc) is 3.41. The van der Waals surface area contributed by atoms with Gasteiger partial charge in [0.1, 0.15) is 5.82 Å². The van der Waals surface area contributed by atoms with Gasteiger partial charge in [-0.15, -0.1) is 0 Å². The summed E-state index contributed by atoms with van der Waals surface area (Å²) in [7, 11) is 0. The first-order valence-corrected chi connectivity index (χ1v) is 11.5. The maximum absolute atomic E-state index is 4.84. The quantitative estimate of drug-likeness (QED) is 0.320. The van der Waals surface area contributed by atoms with Gasteiger partial charge in [0.2, 0.25) is 0 Å². The summed E-state index contributed by atoms with van der Waals surface area (Å²) in [5.74, 6) is 0.985. The van der Waals surface area contributed by atoms with Crippen LogP contribution in [0.1, 0.15) is 11.4 Å². The van der Waals surface area contributed by atoms with E-state index in [9.17, 15) is 0 Å². The number of hydrogen-bond acceptors (Lipinski definition) is 2. The molecule has 0 amide bonds. The van der Waals surface area contributed by atoms with Crippen LogP contribution < -0.4 is 4.90 Å². The topological polar surface area (TPSA) is 36.9 Å². The van der Waals surface area contributed by atoms with Crippen LogP contribution >= 0.6 is 0 Å². The largest absolute Gasteiger partial charge is 0.362 e. The number of hydrogen-bond donors (Lipinski definition) is 1. The second-order valence-corrected chi connectivity index (χ2v) is 8.64. The van der Waals surface area contributed by atoms with Crippen molar-refractivity contribution in [3.8, 4) is 0 Å². The minimum absolute atomic E-state index is 0.731. The van der Waals surface area contributed by atoms with Gasteiger partial charge in [-0.1, -0.05) is 66.2 Å². The molecule has 33 heavy (non-hydrogen) atoms. The van der Waals surface area contributed by atoms with Gasteiger partial charge < -0.3 is 14.5 Å². The minimum Gasteiger partial charge on any atom is -0.362 e. The molecule has 4 heteroatoms. The number of benzene rings is 4. The number of fused-ring (bicyclic) bond motifs is 4. The van der Waals surface area contributed by atoms with Gasteiger partial charge in [0.25, 0.3) is 0 Å². The van der Waals surface area contributed by atoms with E-state index >= 15 is 0 Å². The molecular formula is C29H26N4. The Morgan fingerprint density at radius 2 is 1.39 bits per heavy atom. The smallest absolute Gasteiger partial charge is 0.126 e. The lowest BCUT2D eigenvalue weighted by Crippen LogP contribution is -2.27. The number of aromatic nitrogens is 3. The lowest BCUT2D eigenvalue weighted by atomic mass is 10.2. The number of rotatable bonds is 6. The summed E-state index contributed by atoms with van der Waals surface area (Å²) in [6.45, 7) is 4.63. The van der Waals surface area contributed by atoms with Crippen molar-refractivity contribution in [3.05, 3.63) is 108 Å². The van der Waals surface area contributed by atoms with Gasteiger partial charge in [-0.05, 0) is 43.3 Å². The number of nitrogens with zero attached hydrogens (tertiary/aromatic N) is 3. The number of aryl methyl sites for hydroxylation is 1. The SMILES string of the molecule is Cc1ccc(N(CCn2c3ccccc3c3ccccc32)Cc2nc3ccccc3[nH]2)cc1. The highest BCUT2D eigenvalue weighted by atomic mass is 15.2. The molecule has 0 spiro atoms. The molecule has 0 aliphatic rings. The monoisotopic (exact) mass is 430 g/mol. The van der Waals surface area contributed by atoms with E-state index < -0.39 is 0 Å². The van der Waals surface area contributed by atoms with Crippen molar-refractivity contribution in [1.82, 2.24) is 14.5 Å². The molecular weight excluding hydrogens is 404 g/mol. The van der Waals surface area contributed by atoms with E-state index in [1.54, 1.807) is 0 Å². The van der Waals surface area contributed by atoms with Gasteiger partial charge in [0, 0.05) is 40.6 Å². The van der Waals surface area contributed by atoms with E-state index in [0.717, 1.165) is 36.5 Å². The number of anilines is 1. The zero-order chi connectivity index (χ0) is 22.2. The Hall–Kier alpha value is -4.05. The molecule has 6 aromatic rings. The summed E-state index contributed by atoms with van der Waals surface area (Å²) < 4.78 is 2.45. The molecule has 4 nitrogen and oxygen atoms in total. The Kier molecular flexibility index (Phi) is 4.84. The van der Waals surface area contributed by atoms with Crippen LogP contribution in [0.4, 0.5) is 5.69 Å². The molecule has 0 bridgehead atoms. The highest BCUT2D eigenvalue weighted by molar-refractivity contribution is 6.07. The third-order valence-corrected chi connectivity index (χ3v) is 6.45. The van der Waals surface area contributed by atoms with Crippen LogP contribution in [0.5, 0.6) is 0 Å². The van der Waals surface area contributed by atoms with Crippen molar-refractivity contribution in [1.29, 1.82) is 0 Å². The van der Waals surface area contributed by atoms with Crippen LogP contribution in [0.15, 0.2) is 97.1 Å². The minimum atomic E-state index is 0.731. The number of aromatic amines is 1. The number of imidazole rings is 1. The zero-order valence-corrected chi connectivity index (χ0v) is 18.7. The summed E-state index contributed by atoms with van der Waals surface area (Å²) in [6.07, 6.45) is 0. The molecule has 2 aromatic heterocycles. The van der Waals surface area contributed by atoms with Crippen molar-refractivity contribution in [2.24, 2.45) is 0 Å². The van der Waals surface area contributed by atoms with Crippen molar-refractivity contribution in [2.45, 2.75) is 20.0 Å². The Morgan fingerprint density at radius 3 is 2.09 bits per heavy atom. The molecule has 0 saturated heterocycles. The van der Waals surface area contributed by atoms with Crippen molar-refractivity contribution >= 4 is 38.5 Å². The van der Waals surface area contributed by atoms with Gasteiger partial charge in [0.15, 0.2) is 0 Å². The fourth-order valence-electron chi connectivity index (χ4n) is 4.78. The maximum atomic E-state index is 4.84. The van der Waals surface area contributed by atoms with E-state index in [1.165, 1.54) is 33.1 Å². The first kappa shape index (κ1) is 19.6. The number of H-pyrrole nitrogens is 1. The van der Waals surface area contributed by atoms with Crippen LogP contribution in [0.3, 0.4) is 0 Å². The summed E-state index contributed by atoms with van der Waals surface area (Å²) in [5, 5.41) is 2.62. The van der Waals surface area contributed by atoms with Crippen molar-refractivity contribution in [3.63, 3.8) is 0 Å². The summed E-state index contributed by atoms with van der Waals surface area (Å²) in [5.41, 5.74) is 7.14.